The molecule has 0 aliphatic rings. The Bertz CT molecular complexity index is 16.9. The Labute approximate surface area is 112 Å². The molecular formula is H5BaCoLiMg. The summed E-state index contributed by atoms with van der Waals surface area (Å²) in [5.74, 6) is 0. The summed E-state index contributed by atoms with van der Waals surface area (Å²) in [5, 5.41) is 0. The Kier molecular flexibility index (Phi) is 105. The van der Waals surface area contributed by atoms with Crippen LogP contribution in [0.4, 0.5) is 0 Å². The van der Waals surface area contributed by atoms with Gasteiger partial charge < -0.3 is 7.13 Å². The molecule has 0 aromatic rings. The van der Waals surface area contributed by atoms with E-state index in [0.29, 0.717) is 0 Å². The van der Waals surface area contributed by atoms with Crippen molar-refractivity contribution in [3.05, 3.63) is 0 Å². The molecule has 19 valence electrons. The molecule has 0 aliphatic heterocycles. The van der Waals surface area contributed by atoms with Crippen LogP contribution in [0.2, 0.25) is 0 Å². The second-order valence-electron chi connectivity index (χ2n) is 0. The Hall–Kier alpha value is 3.44. The first-order valence-corrected chi connectivity index (χ1v) is 0. The van der Waals surface area contributed by atoms with Crippen molar-refractivity contribution in [1.82, 2.24) is 0 Å². The molecule has 0 heterocycles. The molecule has 0 bridgehead atoms. The zero-order valence-electron chi connectivity index (χ0n) is 7.75. The third kappa shape index (κ3) is 9.06. The van der Waals surface area contributed by atoms with Gasteiger partial charge >= 0.3 is 90.8 Å². The second kappa shape index (κ2) is 16.1. The van der Waals surface area contributed by atoms with E-state index in [-0.39, 0.29) is 115 Å². The third-order valence-electron chi connectivity index (χ3n) is 0. The predicted octanol–water partition coefficient (Wildman–Crippen LogP) is -3.20. The normalized spacial score (nSPS) is 0. The maximum Gasteiger partial charge on any atom is 2.00 e. The van der Waals surface area contributed by atoms with Crippen molar-refractivity contribution in [2.24, 2.45) is 0 Å². The molecule has 0 spiro atoms. The van der Waals surface area contributed by atoms with Gasteiger partial charge in [0, 0.05) is 16.8 Å². The molecule has 0 aromatic heterocycles. The topological polar surface area (TPSA) is 0 Å². The van der Waals surface area contributed by atoms with Crippen LogP contribution in [0.1, 0.15) is 7.13 Å². The second-order valence-corrected chi connectivity index (χ2v) is 0. The largest absolute Gasteiger partial charge is 2.00 e. The first-order chi connectivity index (χ1) is 0. The van der Waals surface area contributed by atoms with E-state index >= 15 is 0 Å². The predicted molar refractivity (Wildman–Crippen MR) is 17.1 cm³/mol. The van der Waals surface area contributed by atoms with E-state index < -0.39 is 0 Å². The van der Waals surface area contributed by atoms with Crippen LogP contribution in [0.15, 0.2) is 0 Å². The molecule has 0 aromatic carbocycles. The van der Waals surface area contributed by atoms with E-state index in [1.165, 1.54) is 0 Å². The van der Waals surface area contributed by atoms with Gasteiger partial charge in [-0.25, -0.2) is 0 Å². The summed E-state index contributed by atoms with van der Waals surface area (Å²) in [6.07, 6.45) is 0. The molecule has 0 fully saturated rings. The third-order valence-corrected chi connectivity index (χ3v) is 0. The van der Waals surface area contributed by atoms with Crippen molar-refractivity contribution >= 4 is 71.9 Å². The molecule has 0 saturated heterocycles. The molecule has 4 heavy (non-hydrogen) atoms. The van der Waals surface area contributed by atoms with Crippen LogP contribution >= 0.6 is 0 Å². The van der Waals surface area contributed by atoms with Crippen LogP contribution in [0.25, 0.3) is 0 Å². The minimum absolute atomic E-state index is 0. The molecule has 0 N–H and O–H groups in total. The quantitative estimate of drug-likeness (QED) is 0.386. The average Bonchev–Trinajstić information content (AvgIpc) is 0. The molecule has 0 nitrogen and oxygen atoms in total. The zero-order chi connectivity index (χ0) is 0. The number of rotatable bonds is 0. The fourth-order valence-corrected chi connectivity index (χ4v) is 0. The summed E-state index contributed by atoms with van der Waals surface area (Å²) in [4.78, 5) is 0. The molecule has 1 radical (unpaired) electrons. The van der Waals surface area contributed by atoms with E-state index in [9.17, 15) is 0 Å². The van der Waals surface area contributed by atoms with E-state index in [1.54, 1.807) is 0 Å². The monoisotopic (exact) mass is 233 g/mol. The Morgan fingerprint density at radius 2 is 1.25 bits per heavy atom. The molecule has 4 heteroatoms. The summed E-state index contributed by atoms with van der Waals surface area (Å²) in [7, 11) is 0. The summed E-state index contributed by atoms with van der Waals surface area (Å²) in [5.41, 5.74) is 0. The number of hydrogen-bond acceptors (Lipinski definition) is 0. The first kappa shape index (κ1) is 26.1. The van der Waals surface area contributed by atoms with Crippen LogP contribution in [0.5, 0.6) is 0 Å². The first-order valence-electron chi connectivity index (χ1n) is 0. The van der Waals surface area contributed by atoms with Crippen molar-refractivity contribution in [3.8, 4) is 0 Å². The molecule has 0 rings (SSSR count). The fourth-order valence-electron chi connectivity index (χ4n) is 0. The average molecular weight is 233 g/mol. The van der Waals surface area contributed by atoms with Crippen molar-refractivity contribution < 1.29 is 42.8 Å². The van der Waals surface area contributed by atoms with Crippen LogP contribution in [-0.4, -0.2) is 71.9 Å². The summed E-state index contributed by atoms with van der Waals surface area (Å²) >= 11 is 0. The minimum Gasteiger partial charge on any atom is -1.00 e. The number of hydrogen-bond donors (Lipinski definition) is 0. The maximum atomic E-state index is 0. The van der Waals surface area contributed by atoms with Gasteiger partial charge in [-0.2, -0.15) is 0 Å². The zero-order valence-corrected chi connectivity index (χ0v) is 9.64. The van der Waals surface area contributed by atoms with Gasteiger partial charge in [-0.1, -0.05) is 0 Å². The van der Waals surface area contributed by atoms with E-state index in [4.69, 9.17) is 0 Å². The van der Waals surface area contributed by atoms with Gasteiger partial charge in [-0.05, 0) is 0 Å². The summed E-state index contributed by atoms with van der Waals surface area (Å²) in [6, 6.07) is 0. The van der Waals surface area contributed by atoms with Gasteiger partial charge in [-0.15, -0.1) is 0 Å². The van der Waals surface area contributed by atoms with Gasteiger partial charge in [0.2, 0.25) is 0 Å². The van der Waals surface area contributed by atoms with Crippen molar-refractivity contribution in [2.45, 2.75) is 0 Å². The van der Waals surface area contributed by atoms with Crippen molar-refractivity contribution in [3.63, 3.8) is 0 Å². The fraction of sp³-hybridized carbons (Fsp3) is 0. The smallest absolute Gasteiger partial charge is 1.00 e. The molecule has 0 unspecified atom stereocenters. The van der Waals surface area contributed by atoms with E-state index in [2.05, 4.69) is 0 Å². The van der Waals surface area contributed by atoms with Crippen LogP contribution < -0.4 is 18.9 Å². The van der Waals surface area contributed by atoms with E-state index in [0.717, 1.165) is 0 Å². The van der Waals surface area contributed by atoms with Crippen LogP contribution in [-0.2, 0) is 16.8 Å². The Morgan fingerprint density at radius 3 is 1.25 bits per heavy atom. The van der Waals surface area contributed by atoms with Gasteiger partial charge in [0.05, 0.1) is 0 Å². The van der Waals surface area contributed by atoms with E-state index in [1.807, 2.05) is 0 Å². The van der Waals surface area contributed by atoms with Crippen molar-refractivity contribution in [1.29, 1.82) is 0 Å². The Balaban J connectivity index is 0. The maximum absolute atomic E-state index is 0. The minimum atomic E-state index is 0. The van der Waals surface area contributed by atoms with Crippen LogP contribution in [0, 0.1) is 0 Å². The molecular weight excluding hydrogens is 228 g/mol. The molecule has 0 amide bonds. The molecule has 0 aliphatic carbocycles. The standard InChI is InChI=1S/Ba.Co.Li.Mg.5H/q+2;;+1;+2;5*-1. The molecule has 0 saturated carbocycles. The SMILES string of the molecule is [Ba+2].[Co].[H-].[H-].[H-].[H-].[H-].[Li+].[Mg+2]. The van der Waals surface area contributed by atoms with Gasteiger partial charge in [-0.3, -0.25) is 0 Å². The summed E-state index contributed by atoms with van der Waals surface area (Å²) < 4.78 is 0. The van der Waals surface area contributed by atoms with Crippen molar-refractivity contribution in [2.75, 3.05) is 0 Å². The van der Waals surface area contributed by atoms with Gasteiger partial charge in [0.25, 0.3) is 0 Å². The van der Waals surface area contributed by atoms with Gasteiger partial charge in [0.1, 0.15) is 0 Å². The Morgan fingerprint density at radius 1 is 1.25 bits per heavy atom. The van der Waals surface area contributed by atoms with Crippen LogP contribution in [0.3, 0.4) is 0 Å². The molecule has 0 atom stereocenters. The summed E-state index contributed by atoms with van der Waals surface area (Å²) in [6.45, 7) is 0. The van der Waals surface area contributed by atoms with Gasteiger partial charge in [0.15, 0.2) is 0 Å².